The van der Waals surface area contributed by atoms with Crippen molar-refractivity contribution < 1.29 is 4.79 Å². The highest BCUT2D eigenvalue weighted by atomic mass is 16.2. The van der Waals surface area contributed by atoms with Crippen molar-refractivity contribution in [1.82, 2.24) is 4.90 Å². The average Bonchev–Trinajstić information content (AvgIpc) is 2.39. The molecular weight excluding hydrogens is 224 g/mol. The second-order valence-corrected chi connectivity index (χ2v) is 4.69. The Morgan fingerprint density at radius 2 is 1.94 bits per heavy atom. The Bertz CT molecular complexity index is 411. The van der Waals surface area contributed by atoms with Crippen LogP contribution in [-0.4, -0.2) is 30.9 Å². The van der Waals surface area contributed by atoms with Crippen molar-refractivity contribution in [3.8, 4) is 0 Å². The molecule has 100 valence electrons. The lowest BCUT2D eigenvalue weighted by Gasteiger charge is -2.27. The van der Waals surface area contributed by atoms with Crippen molar-refractivity contribution in [3.05, 3.63) is 29.3 Å². The van der Waals surface area contributed by atoms with Gasteiger partial charge < -0.3 is 10.2 Å². The van der Waals surface area contributed by atoms with Crippen molar-refractivity contribution in [1.29, 1.82) is 0 Å². The van der Waals surface area contributed by atoms with E-state index in [2.05, 4.69) is 19.2 Å². The van der Waals surface area contributed by atoms with Crippen LogP contribution in [0.15, 0.2) is 18.2 Å². The van der Waals surface area contributed by atoms with Crippen molar-refractivity contribution in [2.75, 3.05) is 19.4 Å². The first-order valence-corrected chi connectivity index (χ1v) is 6.60. The zero-order valence-electron chi connectivity index (χ0n) is 12.1. The summed E-state index contributed by atoms with van der Waals surface area (Å²) < 4.78 is 0. The van der Waals surface area contributed by atoms with E-state index in [1.54, 1.807) is 0 Å². The highest BCUT2D eigenvalue weighted by molar-refractivity contribution is 5.99. The molecule has 0 radical (unpaired) electrons. The summed E-state index contributed by atoms with van der Waals surface area (Å²) in [5.41, 5.74) is 2.80. The van der Waals surface area contributed by atoms with E-state index < -0.39 is 0 Å². The molecule has 0 heterocycles. The molecule has 3 nitrogen and oxygen atoms in total. The van der Waals surface area contributed by atoms with Crippen LogP contribution in [0, 0.1) is 6.92 Å². The van der Waals surface area contributed by atoms with Crippen LogP contribution >= 0.6 is 0 Å². The summed E-state index contributed by atoms with van der Waals surface area (Å²) in [5.74, 6) is 0.0908. The number of anilines is 1. The predicted molar refractivity (Wildman–Crippen MR) is 77.2 cm³/mol. The van der Waals surface area contributed by atoms with Crippen LogP contribution in [0.25, 0.3) is 0 Å². The van der Waals surface area contributed by atoms with E-state index in [1.807, 2.05) is 44.1 Å². The molecule has 0 unspecified atom stereocenters. The van der Waals surface area contributed by atoms with Gasteiger partial charge >= 0.3 is 0 Å². The van der Waals surface area contributed by atoms with Crippen LogP contribution in [0.3, 0.4) is 0 Å². The zero-order chi connectivity index (χ0) is 13.7. The third kappa shape index (κ3) is 3.03. The number of carbonyl (C=O) groups excluding carboxylic acids is 1. The van der Waals surface area contributed by atoms with Crippen LogP contribution in [0.1, 0.15) is 42.6 Å². The molecular formula is C15H24N2O. The Labute approximate surface area is 110 Å². The lowest BCUT2D eigenvalue weighted by atomic mass is 10.1. The summed E-state index contributed by atoms with van der Waals surface area (Å²) >= 11 is 0. The van der Waals surface area contributed by atoms with Gasteiger partial charge in [-0.05, 0) is 37.5 Å². The minimum Gasteiger partial charge on any atom is -0.387 e. The lowest BCUT2D eigenvalue weighted by Crippen LogP contribution is -2.36. The Hall–Kier alpha value is -1.51. The van der Waals surface area contributed by atoms with E-state index in [1.165, 1.54) is 0 Å². The monoisotopic (exact) mass is 248 g/mol. The highest BCUT2D eigenvalue weighted by Gasteiger charge is 2.20. The summed E-state index contributed by atoms with van der Waals surface area (Å²) in [6, 6.07) is 6.20. The van der Waals surface area contributed by atoms with Gasteiger partial charge in [-0.25, -0.2) is 0 Å². The summed E-state index contributed by atoms with van der Waals surface area (Å²) in [6.07, 6.45) is 1.97. The van der Waals surface area contributed by atoms with Crippen molar-refractivity contribution in [2.45, 2.75) is 39.7 Å². The number of amides is 1. The number of carbonyl (C=O) groups is 1. The Balaban J connectivity index is 3.03. The second kappa shape index (κ2) is 6.43. The number of benzene rings is 1. The average molecular weight is 248 g/mol. The second-order valence-electron chi connectivity index (χ2n) is 4.69. The maximum Gasteiger partial charge on any atom is 0.255 e. The molecule has 0 fully saturated rings. The fourth-order valence-electron chi connectivity index (χ4n) is 2.24. The van der Waals surface area contributed by atoms with Crippen molar-refractivity contribution in [3.63, 3.8) is 0 Å². The normalized spacial score (nSPS) is 10.6. The minimum absolute atomic E-state index is 0.0908. The Morgan fingerprint density at radius 3 is 2.44 bits per heavy atom. The Kier molecular flexibility index (Phi) is 5.20. The standard InChI is InChI=1S/C15H24N2O/c1-6-12(7-2)17(5)15(18)13-9-8-11(3)10-14(13)16-4/h8-10,12,16H,6-7H2,1-5H3. The third-order valence-corrected chi connectivity index (χ3v) is 3.49. The quantitative estimate of drug-likeness (QED) is 0.867. The minimum atomic E-state index is 0.0908. The largest absolute Gasteiger partial charge is 0.387 e. The van der Waals surface area contributed by atoms with Gasteiger partial charge in [-0.1, -0.05) is 19.9 Å². The Morgan fingerprint density at radius 1 is 1.33 bits per heavy atom. The molecule has 0 aliphatic carbocycles. The van der Waals surface area contributed by atoms with Crippen LogP contribution in [0.5, 0.6) is 0 Å². The van der Waals surface area contributed by atoms with E-state index in [-0.39, 0.29) is 5.91 Å². The van der Waals surface area contributed by atoms with E-state index in [0.717, 1.165) is 29.7 Å². The lowest BCUT2D eigenvalue weighted by molar-refractivity contribution is 0.0724. The summed E-state index contributed by atoms with van der Waals surface area (Å²) in [4.78, 5) is 14.3. The van der Waals surface area contributed by atoms with Gasteiger partial charge in [0.15, 0.2) is 0 Å². The van der Waals surface area contributed by atoms with E-state index in [4.69, 9.17) is 0 Å². The molecule has 1 aromatic carbocycles. The van der Waals surface area contributed by atoms with Gasteiger partial charge in [-0.15, -0.1) is 0 Å². The van der Waals surface area contributed by atoms with Gasteiger partial charge in [0.2, 0.25) is 0 Å². The molecule has 0 atom stereocenters. The topological polar surface area (TPSA) is 32.3 Å². The maximum atomic E-state index is 12.5. The molecule has 18 heavy (non-hydrogen) atoms. The van der Waals surface area contributed by atoms with Crippen molar-refractivity contribution >= 4 is 11.6 Å². The van der Waals surface area contributed by atoms with Crippen LogP contribution in [-0.2, 0) is 0 Å². The summed E-state index contributed by atoms with van der Waals surface area (Å²) in [5, 5.41) is 3.10. The summed E-state index contributed by atoms with van der Waals surface area (Å²) in [6.45, 7) is 6.26. The molecule has 0 spiro atoms. The molecule has 0 bridgehead atoms. The first-order chi connectivity index (χ1) is 8.54. The SMILES string of the molecule is CCC(CC)N(C)C(=O)c1ccc(C)cc1NC. The first-order valence-electron chi connectivity index (χ1n) is 6.60. The zero-order valence-corrected chi connectivity index (χ0v) is 12.1. The molecule has 1 N–H and O–H groups in total. The van der Waals surface area contributed by atoms with Gasteiger partial charge in [0, 0.05) is 25.8 Å². The highest BCUT2D eigenvalue weighted by Crippen LogP contribution is 2.20. The molecule has 0 aliphatic heterocycles. The van der Waals surface area contributed by atoms with E-state index in [0.29, 0.717) is 6.04 Å². The predicted octanol–water partition coefficient (Wildman–Crippen LogP) is 3.30. The molecule has 0 saturated heterocycles. The fourth-order valence-corrected chi connectivity index (χ4v) is 2.24. The van der Waals surface area contributed by atoms with Gasteiger partial charge in [0.05, 0.1) is 5.56 Å². The van der Waals surface area contributed by atoms with Crippen LogP contribution < -0.4 is 5.32 Å². The fraction of sp³-hybridized carbons (Fsp3) is 0.533. The first kappa shape index (κ1) is 14.6. The number of hydrogen-bond donors (Lipinski definition) is 1. The van der Waals surface area contributed by atoms with E-state index >= 15 is 0 Å². The molecule has 1 rings (SSSR count). The van der Waals surface area contributed by atoms with Crippen LogP contribution in [0.4, 0.5) is 5.69 Å². The van der Waals surface area contributed by atoms with Crippen LogP contribution in [0.2, 0.25) is 0 Å². The molecule has 0 aromatic heterocycles. The number of hydrogen-bond acceptors (Lipinski definition) is 2. The summed E-state index contributed by atoms with van der Waals surface area (Å²) in [7, 11) is 3.74. The third-order valence-electron chi connectivity index (χ3n) is 3.49. The molecule has 0 saturated carbocycles. The van der Waals surface area contributed by atoms with E-state index in [9.17, 15) is 4.79 Å². The smallest absolute Gasteiger partial charge is 0.255 e. The number of rotatable bonds is 5. The van der Waals surface area contributed by atoms with Gasteiger partial charge in [-0.3, -0.25) is 4.79 Å². The number of nitrogens with one attached hydrogen (secondary N) is 1. The number of nitrogens with zero attached hydrogens (tertiary/aromatic N) is 1. The van der Waals surface area contributed by atoms with Gasteiger partial charge in [0.25, 0.3) is 5.91 Å². The number of aryl methyl sites for hydroxylation is 1. The van der Waals surface area contributed by atoms with Gasteiger partial charge in [-0.2, -0.15) is 0 Å². The molecule has 1 amide bonds. The van der Waals surface area contributed by atoms with Gasteiger partial charge in [0.1, 0.15) is 0 Å². The molecule has 0 aliphatic rings. The molecule has 3 heteroatoms. The van der Waals surface area contributed by atoms with Crippen molar-refractivity contribution in [2.24, 2.45) is 0 Å². The maximum absolute atomic E-state index is 12.5. The molecule has 1 aromatic rings.